The van der Waals surface area contributed by atoms with Crippen molar-refractivity contribution in [1.82, 2.24) is 10.4 Å². The number of H-pyrrole nitrogens is 1. The zero-order chi connectivity index (χ0) is 20.4. The quantitative estimate of drug-likeness (QED) is 0.421. The zero-order valence-electron chi connectivity index (χ0n) is 16.4. The molecule has 4 N–H and O–H groups in total. The number of amides is 1. The first-order valence-electron chi connectivity index (χ1n) is 9.15. The summed E-state index contributed by atoms with van der Waals surface area (Å²) >= 11 is 0. The zero-order valence-corrected chi connectivity index (χ0v) is 16.4. The molecule has 0 radical (unpaired) electrons. The number of hydrogen-bond donors (Lipinski definition) is 3. The normalized spacial score (nSPS) is 16.1. The van der Waals surface area contributed by atoms with Crippen molar-refractivity contribution in [3.05, 3.63) is 57.9 Å². The molecule has 0 saturated carbocycles. The van der Waals surface area contributed by atoms with Crippen molar-refractivity contribution in [3.8, 4) is 0 Å². The number of benzene rings is 1. The number of nitrogen functional groups attached to an aromatic ring is 1. The number of anilines is 1. The van der Waals surface area contributed by atoms with Gasteiger partial charge in [-0.15, -0.1) is 0 Å². The minimum Gasteiger partial charge on any atom is -0.462 e. The third kappa shape index (κ3) is 3.55. The molecular formula is C21H24N4O3. The maximum atomic E-state index is 12.4. The van der Waals surface area contributed by atoms with Crippen LogP contribution in [0.5, 0.6) is 0 Å². The Labute approximate surface area is 163 Å². The number of rotatable bonds is 5. The van der Waals surface area contributed by atoms with Crippen LogP contribution in [0.3, 0.4) is 0 Å². The molecule has 3 rings (SSSR count). The van der Waals surface area contributed by atoms with Gasteiger partial charge in [-0.25, -0.2) is 10.2 Å². The molecule has 0 fully saturated rings. The van der Waals surface area contributed by atoms with Gasteiger partial charge in [-0.3, -0.25) is 4.79 Å². The highest BCUT2D eigenvalue weighted by Crippen LogP contribution is 2.27. The summed E-state index contributed by atoms with van der Waals surface area (Å²) in [5.74, 6) is -0.758. The van der Waals surface area contributed by atoms with Crippen LogP contribution in [0, 0.1) is 13.8 Å². The summed E-state index contributed by atoms with van der Waals surface area (Å²) in [5, 5.41) is 4.23. The van der Waals surface area contributed by atoms with Crippen molar-refractivity contribution < 1.29 is 14.3 Å². The smallest absolute Gasteiger partial charge is 0.340 e. The molecule has 7 heteroatoms. The van der Waals surface area contributed by atoms with Crippen molar-refractivity contribution in [1.29, 1.82) is 0 Å². The molecule has 146 valence electrons. The van der Waals surface area contributed by atoms with Crippen LogP contribution < -0.4 is 11.2 Å². The van der Waals surface area contributed by atoms with Crippen molar-refractivity contribution >= 4 is 29.4 Å². The minimum absolute atomic E-state index is 0.105. The van der Waals surface area contributed by atoms with E-state index in [1.165, 1.54) is 0 Å². The third-order valence-corrected chi connectivity index (χ3v) is 4.89. The van der Waals surface area contributed by atoms with Crippen LogP contribution in [0.1, 0.15) is 52.6 Å². The molecule has 28 heavy (non-hydrogen) atoms. The van der Waals surface area contributed by atoms with Crippen molar-refractivity contribution in [2.75, 3.05) is 12.3 Å². The Morgan fingerprint density at radius 1 is 1.29 bits per heavy atom. The lowest BCUT2D eigenvalue weighted by Crippen LogP contribution is -2.16. The Kier molecular flexibility index (Phi) is 5.35. The highest BCUT2D eigenvalue weighted by molar-refractivity contribution is 6.29. The van der Waals surface area contributed by atoms with Crippen LogP contribution in [0.25, 0.3) is 6.08 Å². The van der Waals surface area contributed by atoms with Gasteiger partial charge >= 0.3 is 5.97 Å². The lowest BCUT2D eigenvalue weighted by molar-refractivity contribution is -0.116. The number of hydrogen-bond acceptors (Lipinski definition) is 5. The molecule has 1 aromatic heterocycles. The second-order valence-corrected chi connectivity index (χ2v) is 6.77. The molecule has 0 saturated heterocycles. The van der Waals surface area contributed by atoms with E-state index in [4.69, 9.17) is 10.5 Å². The highest BCUT2D eigenvalue weighted by Gasteiger charge is 2.29. The van der Waals surface area contributed by atoms with Crippen LogP contribution in [0.2, 0.25) is 0 Å². The molecule has 1 atom stereocenters. The first-order chi connectivity index (χ1) is 13.3. The molecule has 2 aromatic rings. The number of nitrogens with two attached hydrogens (primary N) is 1. The number of esters is 1. The Balaban J connectivity index is 1.97. The Bertz CT molecular complexity index is 984. The molecule has 1 unspecified atom stereocenters. The Hall–Kier alpha value is -3.35. The summed E-state index contributed by atoms with van der Waals surface area (Å²) < 4.78 is 5.13. The van der Waals surface area contributed by atoms with E-state index in [0.29, 0.717) is 40.5 Å². The number of carbonyl (C=O) groups excluding carboxylic acids is 2. The second-order valence-electron chi connectivity index (χ2n) is 6.77. The van der Waals surface area contributed by atoms with E-state index in [9.17, 15) is 9.59 Å². The average molecular weight is 380 g/mol. The van der Waals surface area contributed by atoms with Crippen molar-refractivity contribution in [2.45, 2.75) is 33.6 Å². The Morgan fingerprint density at radius 3 is 2.61 bits per heavy atom. The van der Waals surface area contributed by atoms with Gasteiger partial charge in [0.25, 0.3) is 5.91 Å². The first-order valence-corrected chi connectivity index (χ1v) is 9.15. The maximum absolute atomic E-state index is 12.4. The molecule has 0 bridgehead atoms. The molecule has 1 aliphatic heterocycles. The van der Waals surface area contributed by atoms with Gasteiger partial charge in [0, 0.05) is 23.0 Å². The van der Waals surface area contributed by atoms with Gasteiger partial charge in [0.05, 0.1) is 23.5 Å². The fourth-order valence-corrected chi connectivity index (χ4v) is 3.33. The Morgan fingerprint density at radius 2 is 1.96 bits per heavy atom. The highest BCUT2D eigenvalue weighted by atomic mass is 16.5. The van der Waals surface area contributed by atoms with E-state index >= 15 is 0 Å². The van der Waals surface area contributed by atoms with Gasteiger partial charge < -0.3 is 15.5 Å². The number of aryl methyl sites for hydroxylation is 1. The molecule has 1 aromatic carbocycles. The van der Waals surface area contributed by atoms with Crippen LogP contribution >= 0.6 is 0 Å². The summed E-state index contributed by atoms with van der Waals surface area (Å²) in [6, 6.07) is 7.49. The summed E-state index contributed by atoms with van der Waals surface area (Å²) in [7, 11) is 0. The van der Waals surface area contributed by atoms with E-state index in [1.54, 1.807) is 13.0 Å². The van der Waals surface area contributed by atoms with E-state index < -0.39 is 0 Å². The van der Waals surface area contributed by atoms with Gasteiger partial charge in [0.15, 0.2) is 0 Å². The lowest BCUT2D eigenvalue weighted by Gasteiger charge is -2.12. The van der Waals surface area contributed by atoms with Crippen LogP contribution in [0.15, 0.2) is 34.9 Å². The summed E-state index contributed by atoms with van der Waals surface area (Å²) in [6.45, 7) is 7.69. The number of carbonyl (C=O) groups is 2. The fourth-order valence-electron chi connectivity index (χ4n) is 3.33. The predicted octanol–water partition coefficient (Wildman–Crippen LogP) is 3.06. The van der Waals surface area contributed by atoms with Crippen LogP contribution in [-0.4, -0.2) is 29.2 Å². The van der Waals surface area contributed by atoms with Crippen molar-refractivity contribution in [3.63, 3.8) is 0 Å². The third-order valence-electron chi connectivity index (χ3n) is 4.89. The topological polar surface area (TPSA) is 110 Å². The monoisotopic (exact) mass is 380 g/mol. The number of nitrogens with zero attached hydrogens (tertiary/aromatic N) is 1. The van der Waals surface area contributed by atoms with Gasteiger partial charge in [-0.05, 0) is 50.1 Å². The fraction of sp³-hybridized carbons (Fsp3) is 0.286. The van der Waals surface area contributed by atoms with E-state index in [-0.39, 0.29) is 17.8 Å². The number of nitrogens with one attached hydrogen (secondary N) is 2. The number of ether oxygens (including phenoxy) is 1. The largest absolute Gasteiger partial charge is 0.462 e. The SMILES string of the molecule is CCOC(=O)c1c(C)[nH]c(/C=C2/C(=O)NN=C2C(C)c2ccc(N)cc2)c1C. The minimum atomic E-state index is -0.376. The van der Waals surface area contributed by atoms with Crippen LogP contribution in [0.4, 0.5) is 5.69 Å². The number of aromatic amines is 1. The first kappa shape index (κ1) is 19.4. The molecule has 0 aliphatic carbocycles. The van der Waals surface area contributed by atoms with Crippen LogP contribution in [-0.2, 0) is 9.53 Å². The van der Waals surface area contributed by atoms with Crippen molar-refractivity contribution in [2.24, 2.45) is 5.10 Å². The van der Waals surface area contributed by atoms with Gasteiger partial charge in [0.2, 0.25) is 0 Å². The van der Waals surface area contributed by atoms with E-state index in [2.05, 4.69) is 15.5 Å². The molecule has 7 nitrogen and oxygen atoms in total. The van der Waals surface area contributed by atoms with E-state index in [1.807, 2.05) is 45.0 Å². The van der Waals surface area contributed by atoms with Gasteiger partial charge in [-0.1, -0.05) is 19.1 Å². The average Bonchev–Trinajstić information content (AvgIpc) is 3.15. The summed E-state index contributed by atoms with van der Waals surface area (Å²) in [5.41, 5.74) is 13.7. The summed E-state index contributed by atoms with van der Waals surface area (Å²) in [4.78, 5) is 27.8. The number of hydrazone groups is 1. The van der Waals surface area contributed by atoms with E-state index in [0.717, 1.165) is 11.1 Å². The van der Waals surface area contributed by atoms with Gasteiger partial charge in [0.1, 0.15) is 0 Å². The molecular weight excluding hydrogens is 356 g/mol. The standard InChI is InChI=1S/C21H24N4O3/c1-5-28-21(27)18-12(3)17(23-13(18)4)10-16-19(24-25-20(16)26)11(2)14-6-8-15(22)9-7-14/h6-11,23H,5,22H2,1-4H3,(H,25,26)/b16-10+. The molecule has 1 aliphatic rings. The summed E-state index contributed by atoms with van der Waals surface area (Å²) in [6.07, 6.45) is 1.74. The second kappa shape index (κ2) is 7.72. The number of aromatic nitrogens is 1. The predicted molar refractivity (Wildman–Crippen MR) is 109 cm³/mol. The molecule has 1 amide bonds. The molecule has 0 spiro atoms. The molecule has 2 heterocycles. The lowest BCUT2D eigenvalue weighted by atomic mass is 9.91. The maximum Gasteiger partial charge on any atom is 0.340 e. The van der Waals surface area contributed by atoms with Gasteiger partial charge in [-0.2, -0.15) is 5.10 Å².